The topological polar surface area (TPSA) is 58.8 Å². The van der Waals surface area contributed by atoms with Crippen LogP contribution in [0.3, 0.4) is 0 Å². The molecule has 0 bridgehead atoms. The zero-order valence-corrected chi connectivity index (χ0v) is 18.3. The minimum atomic E-state index is -0.238. The number of hydroxylamine groups is 2. The minimum Gasteiger partial charge on any atom is -0.326 e. The quantitative estimate of drug-likeness (QED) is 0.571. The number of hydrogen-bond acceptors (Lipinski definition) is 4. The van der Waals surface area contributed by atoms with E-state index in [1.807, 2.05) is 66.7 Å². The van der Waals surface area contributed by atoms with Gasteiger partial charge in [0.1, 0.15) is 6.61 Å². The SMILES string of the molecule is NC1CCCN(Cc2ccccc2)CC1N(OCc1ccccc1)C(=O)c1ccccc1. The molecule has 0 saturated carbocycles. The fourth-order valence-electron chi connectivity index (χ4n) is 4.20. The van der Waals surface area contributed by atoms with Gasteiger partial charge in [0.05, 0.1) is 6.04 Å². The molecule has 5 heteroatoms. The van der Waals surface area contributed by atoms with Gasteiger partial charge in [-0.25, -0.2) is 5.06 Å². The maximum absolute atomic E-state index is 13.5. The van der Waals surface area contributed by atoms with E-state index in [1.54, 1.807) is 0 Å². The summed E-state index contributed by atoms with van der Waals surface area (Å²) in [5.41, 5.74) is 9.50. The molecule has 32 heavy (non-hydrogen) atoms. The molecular weight excluding hydrogens is 398 g/mol. The van der Waals surface area contributed by atoms with Crippen molar-refractivity contribution in [3.05, 3.63) is 108 Å². The Bertz CT molecular complexity index is 966. The maximum atomic E-state index is 13.5. The lowest BCUT2D eigenvalue weighted by Gasteiger charge is -2.35. The van der Waals surface area contributed by atoms with Gasteiger partial charge in [-0.15, -0.1) is 0 Å². The highest BCUT2D eigenvalue weighted by atomic mass is 16.7. The first-order valence-electron chi connectivity index (χ1n) is 11.3. The molecule has 1 fully saturated rings. The molecule has 1 saturated heterocycles. The highest BCUT2D eigenvalue weighted by Gasteiger charge is 2.34. The van der Waals surface area contributed by atoms with Crippen LogP contribution in [0.1, 0.15) is 34.3 Å². The normalized spacial score (nSPS) is 19.3. The molecule has 4 rings (SSSR count). The van der Waals surface area contributed by atoms with E-state index < -0.39 is 0 Å². The second-order valence-electron chi connectivity index (χ2n) is 8.35. The average molecular weight is 430 g/mol. The summed E-state index contributed by atoms with van der Waals surface area (Å²) in [6.45, 7) is 2.77. The van der Waals surface area contributed by atoms with Gasteiger partial charge >= 0.3 is 0 Å². The van der Waals surface area contributed by atoms with Crippen LogP contribution in [-0.2, 0) is 18.0 Å². The number of carbonyl (C=O) groups excluding carboxylic acids is 1. The first-order valence-corrected chi connectivity index (χ1v) is 11.3. The molecule has 3 aromatic carbocycles. The standard InChI is InChI=1S/C27H31N3O2/c28-25-17-10-18-29(19-22-11-4-1-5-12-22)20-26(25)30(27(31)24-15-8-3-9-16-24)32-21-23-13-6-2-7-14-23/h1-9,11-16,25-26H,10,17-21,28H2. The molecule has 2 N–H and O–H groups in total. The summed E-state index contributed by atoms with van der Waals surface area (Å²) in [7, 11) is 0. The molecule has 166 valence electrons. The summed E-state index contributed by atoms with van der Waals surface area (Å²) < 4.78 is 0. The predicted molar refractivity (Wildman–Crippen MR) is 127 cm³/mol. The Balaban J connectivity index is 1.57. The van der Waals surface area contributed by atoms with E-state index in [2.05, 4.69) is 29.2 Å². The number of nitrogens with zero attached hydrogens (tertiary/aromatic N) is 2. The Morgan fingerprint density at radius 1 is 0.906 bits per heavy atom. The van der Waals surface area contributed by atoms with Gasteiger partial charge < -0.3 is 5.73 Å². The van der Waals surface area contributed by atoms with E-state index >= 15 is 0 Å². The van der Waals surface area contributed by atoms with E-state index in [9.17, 15) is 4.79 Å². The van der Waals surface area contributed by atoms with Crippen LogP contribution in [-0.4, -0.2) is 41.0 Å². The van der Waals surface area contributed by atoms with Crippen molar-refractivity contribution in [1.29, 1.82) is 0 Å². The van der Waals surface area contributed by atoms with Crippen molar-refractivity contribution in [3.8, 4) is 0 Å². The van der Waals surface area contributed by atoms with E-state index in [0.717, 1.165) is 31.5 Å². The predicted octanol–water partition coefficient (Wildman–Crippen LogP) is 4.25. The fourth-order valence-corrected chi connectivity index (χ4v) is 4.20. The summed E-state index contributed by atoms with van der Waals surface area (Å²) in [4.78, 5) is 22.1. The Morgan fingerprint density at radius 3 is 2.16 bits per heavy atom. The van der Waals surface area contributed by atoms with Crippen molar-refractivity contribution in [1.82, 2.24) is 9.96 Å². The molecule has 0 aliphatic carbocycles. The fraction of sp³-hybridized carbons (Fsp3) is 0.296. The lowest BCUT2D eigenvalue weighted by atomic mass is 10.0. The lowest BCUT2D eigenvalue weighted by Crippen LogP contribution is -2.54. The Morgan fingerprint density at radius 2 is 1.50 bits per heavy atom. The van der Waals surface area contributed by atoms with Crippen LogP contribution in [0.5, 0.6) is 0 Å². The van der Waals surface area contributed by atoms with Gasteiger partial charge in [-0.2, -0.15) is 0 Å². The van der Waals surface area contributed by atoms with Gasteiger partial charge in [-0.1, -0.05) is 78.9 Å². The van der Waals surface area contributed by atoms with Crippen molar-refractivity contribution in [2.75, 3.05) is 13.1 Å². The largest absolute Gasteiger partial charge is 0.326 e. The van der Waals surface area contributed by atoms with Crippen LogP contribution in [0, 0.1) is 0 Å². The third kappa shape index (κ3) is 5.82. The van der Waals surface area contributed by atoms with Gasteiger partial charge in [0.15, 0.2) is 0 Å². The Labute approximate surface area is 190 Å². The highest BCUT2D eigenvalue weighted by Crippen LogP contribution is 2.21. The number of nitrogens with two attached hydrogens (primary N) is 1. The molecule has 0 radical (unpaired) electrons. The lowest BCUT2D eigenvalue weighted by molar-refractivity contribution is -0.165. The van der Waals surface area contributed by atoms with E-state index in [1.165, 1.54) is 10.6 Å². The summed E-state index contributed by atoms with van der Waals surface area (Å²) in [6, 6.07) is 29.3. The van der Waals surface area contributed by atoms with Crippen LogP contribution in [0.15, 0.2) is 91.0 Å². The monoisotopic (exact) mass is 429 g/mol. The van der Waals surface area contributed by atoms with Crippen LogP contribution in [0.4, 0.5) is 0 Å². The Kier molecular flexibility index (Phi) is 7.67. The molecule has 0 spiro atoms. The average Bonchev–Trinajstić information content (AvgIpc) is 3.02. The number of amides is 1. The number of likely N-dealkylation sites (tertiary alicyclic amines) is 1. The first-order chi connectivity index (χ1) is 15.7. The maximum Gasteiger partial charge on any atom is 0.277 e. The second kappa shape index (κ2) is 11.0. The van der Waals surface area contributed by atoms with Gasteiger partial charge in [0, 0.05) is 24.7 Å². The summed E-state index contributed by atoms with van der Waals surface area (Å²) in [5.74, 6) is -0.149. The zero-order chi connectivity index (χ0) is 22.2. The molecule has 3 aromatic rings. The number of rotatable bonds is 7. The first kappa shape index (κ1) is 22.2. The van der Waals surface area contributed by atoms with Crippen LogP contribution in [0.25, 0.3) is 0 Å². The third-order valence-corrected chi connectivity index (χ3v) is 5.94. The molecule has 1 heterocycles. The molecule has 1 aliphatic rings. The second-order valence-corrected chi connectivity index (χ2v) is 8.35. The third-order valence-electron chi connectivity index (χ3n) is 5.94. The molecule has 2 unspecified atom stereocenters. The summed E-state index contributed by atoms with van der Waals surface area (Å²) in [6.07, 6.45) is 1.85. The zero-order valence-electron chi connectivity index (χ0n) is 18.3. The number of benzene rings is 3. The summed E-state index contributed by atoms with van der Waals surface area (Å²) in [5, 5.41) is 1.54. The van der Waals surface area contributed by atoms with Gasteiger partial charge in [0.25, 0.3) is 5.91 Å². The molecule has 0 aromatic heterocycles. The van der Waals surface area contributed by atoms with Crippen LogP contribution < -0.4 is 5.73 Å². The molecular formula is C27H31N3O2. The van der Waals surface area contributed by atoms with Gasteiger partial charge in [-0.05, 0) is 42.6 Å². The molecule has 1 amide bonds. The van der Waals surface area contributed by atoms with Crippen LogP contribution in [0.2, 0.25) is 0 Å². The minimum absolute atomic E-state index is 0.149. The summed E-state index contributed by atoms with van der Waals surface area (Å²) >= 11 is 0. The van der Waals surface area contributed by atoms with Crippen molar-refractivity contribution in [2.45, 2.75) is 38.1 Å². The van der Waals surface area contributed by atoms with Crippen molar-refractivity contribution in [3.63, 3.8) is 0 Å². The number of carbonyl (C=O) groups is 1. The highest BCUT2D eigenvalue weighted by molar-refractivity contribution is 5.93. The Hall–Kier alpha value is -2.99. The van der Waals surface area contributed by atoms with E-state index in [0.29, 0.717) is 18.7 Å². The molecule has 2 atom stereocenters. The smallest absolute Gasteiger partial charge is 0.277 e. The van der Waals surface area contributed by atoms with Gasteiger partial charge in [-0.3, -0.25) is 14.5 Å². The van der Waals surface area contributed by atoms with Crippen molar-refractivity contribution in [2.24, 2.45) is 5.73 Å². The van der Waals surface area contributed by atoms with Crippen molar-refractivity contribution < 1.29 is 9.63 Å². The molecule has 5 nitrogen and oxygen atoms in total. The number of hydrogen-bond donors (Lipinski definition) is 1. The van der Waals surface area contributed by atoms with Crippen molar-refractivity contribution >= 4 is 5.91 Å². The van der Waals surface area contributed by atoms with Gasteiger partial charge in [0.2, 0.25) is 0 Å². The van der Waals surface area contributed by atoms with E-state index in [4.69, 9.17) is 10.6 Å². The van der Waals surface area contributed by atoms with E-state index in [-0.39, 0.29) is 18.0 Å². The molecule has 1 aliphatic heterocycles. The van der Waals surface area contributed by atoms with Crippen LogP contribution >= 0.6 is 0 Å².